The van der Waals surface area contributed by atoms with E-state index in [9.17, 15) is 35.2 Å². The number of sulfonamides is 1. The molecule has 1 amide bonds. The number of fused-ring (bicyclic) bond motifs is 1. The number of hydrogen-bond acceptors (Lipinski definition) is 4. The third-order valence-corrected chi connectivity index (χ3v) is 5.38. The predicted octanol–water partition coefficient (Wildman–Crippen LogP) is 4.70. The van der Waals surface area contributed by atoms with Crippen molar-refractivity contribution >= 4 is 32.5 Å². The van der Waals surface area contributed by atoms with Gasteiger partial charge < -0.3 is 5.32 Å². The second kappa shape index (κ2) is 8.58. The fourth-order valence-corrected chi connectivity index (χ4v) is 3.81. The molecule has 0 unspecified atom stereocenters. The summed E-state index contributed by atoms with van der Waals surface area (Å²) in [5.41, 5.74) is -1.13. The highest BCUT2D eigenvalue weighted by Gasteiger charge is 2.34. The summed E-state index contributed by atoms with van der Waals surface area (Å²) in [4.78, 5) is 16.4. The number of halogens is 5. The van der Waals surface area contributed by atoms with Gasteiger partial charge in [-0.1, -0.05) is 0 Å². The molecule has 0 saturated heterocycles. The lowest BCUT2D eigenvalue weighted by atomic mass is 10.0. The molecule has 12 heteroatoms. The van der Waals surface area contributed by atoms with Gasteiger partial charge in [0.25, 0.3) is 5.91 Å². The van der Waals surface area contributed by atoms with Crippen LogP contribution in [0.5, 0.6) is 0 Å². The van der Waals surface area contributed by atoms with Gasteiger partial charge >= 0.3 is 6.18 Å². The van der Waals surface area contributed by atoms with Gasteiger partial charge in [-0.3, -0.25) is 14.5 Å². The Bertz CT molecular complexity index is 1360. The third kappa shape index (κ3) is 5.56. The highest BCUT2D eigenvalue weighted by Crippen LogP contribution is 2.33. The summed E-state index contributed by atoms with van der Waals surface area (Å²) in [6.45, 7) is 3.05. The maximum Gasteiger partial charge on any atom is 0.419 e. The number of amides is 1. The van der Waals surface area contributed by atoms with E-state index in [1.165, 1.54) is 19.1 Å². The van der Waals surface area contributed by atoms with Crippen LogP contribution in [0.3, 0.4) is 0 Å². The molecule has 1 atom stereocenters. The summed E-state index contributed by atoms with van der Waals surface area (Å²) < 4.78 is 92.0. The van der Waals surface area contributed by atoms with Crippen LogP contribution in [-0.4, -0.2) is 25.6 Å². The molecule has 0 fully saturated rings. The summed E-state index contributed by atoms with van der Waals surface area (Å²) in [5.74, 6) is -2.98. The summed E-state index contributed by atoms with van der Waals surface area (Å²) in [6, 6.07) is 3.88. The maximum absolute atomic E-state index is 14.6. The Morgan fingerprint density at radius 1 is 1.06 bits per heavy atom. The van der Waals surface area contributed by atoms with E-state index >= 15 is 0 Å². The number of aryl methyl sites for hydroxylation is 1. The van der Waals surface area contributed by atoms with Gasteiger partial charge in [0.15, 0.2) is 0 Å². The lowest BCUT2D eigenvalue weighted by Gasteiger charge is -2.18. The normalized spacial score (nSPS) is 13.1. The number of nitrogens with one attached hydrogen (secondary N) is 2. The van der Waals surface area contributed by atoms with E-state index in [-0.39, 0.29) is 27.7 Å². The van der Waals surface area contributed by atoms with Gasteiger partial charge in [0.05, 0.1) is 34.6 Å². The van der Waals surface area contributed by atoms with Gasteiger partial charge in [-0.2, -0.15) is 13.2 Å². The lowest BCUT2D eigenvalue weighted by Crippen LogP contribution is -2.27. The zero-order valence-electron chi connectivity index (χ0n) is 17.5. The molecule has 6 nitrogen and oxygen atoms in total. The van der Waals surface area contributed by atoms with Gasteiger partial charge in [0.2, 0.25) is 10.0 Å². The number of hydrogen-bond donors (Lipinski definition) is 2. The van der Waals surface area contributed by atoms with Crippen molar-refractivity contribution in [1.82, 2.24) is 10.3 Å². The molecule has 0 bridgehead atoms. The van der Waals surface area contributed by atoms with Crippen LogP contribution in [0.2, 0.25) is 0 Å². The molecule has 2 aromatic carbocycles. The van der Waals surface area contributed by atoms with E-state index in [0.29, 0.717) is 17.7 Å². The third-order valence-electron chi connectivity index (χ3n) is 4.79. The number of aromatic nitrogens is 1. The lowest BCUT2D eigenvalue weighted by molar-refractivity contribution is -0.139. The molecular formula is C21H18F5N3O3S. The molecule has 0 saturated carbocycles. The predicted molar refractivity (Wildman–Crippen MR) is 112 cm³/mol. The van der Waals surface area contributed by atoms with Crippen LogP contribution in [0.1, 0.15) is 40.0 Å². The molecule has 1 heterocycles. The Hall–Kier alpha value is -3.28. The van der Waals surface area contributed by atoms with Gasteiger partial charge in [0.1, 0.15) is 11.6 Å². The highest BCUT2D eigenvalue weighted by molar-refractivity contribution is 7.92. The van der Waals surface area contributed by atoms with Gasteiger partial charge in [-0.15, -0.1) is 0 Å². The Morgan fingerprint density at radius 2 is 1.73 bits per heavy atom. The first kappa shape index (κ1) is 24.4. The van der Waals surface area contributed by atoms with Crippen LogP contribution in [0.15, 0.2) is 36.5 Å². The summed E-state index contributed by atoms with van der Waals surface area (Å²) in [6.07, 6.45) is -2.93. The van der Waals surface area contributed by atoms with Gasteiger partial charge in [-0.25, -0.2) is 17.2 Å². The first-order valence-corrected chi connectivity index (χ1v) is 11.3. The molecule has 0 aliphatic rings. The number of anilines is 1. The van der Waals surface area contributed by atoms with Crippen molar-refractivity contribution < 1.29 is 35.2 Å². The maximum atomic E-state index is 14.6. The van der Waals surface area contributed by atoms with Crippen molar-refractivity contribution in [3.05, 3.63) is 70.4 Å². The molecule has 3 rings (SSSR count). The SMILES string of the molecule is Cc1cc([C@@H](C)NC(=O)c2cnc3cc(C(F)(F)F)c(F)cc3c2)c(F)cc1NS(C)(=O)=O. The molecule has 0 aliphatic heterocycles. The Morgan fingerprint density at radius 3 is 2.33 bits per heavy atom. The van der Waals surface area contributed by atoms with Crippen molar-refractivity contribution in [3.8, 4) is 0 Å². The summed E-state index contributed by atoms with van der Waals surface area (Å²) >= 11 is 0. The fourth-order valence-electron chi connectivity index (χ4n) is 3.19. The molecule has 33 heavy (non-hydrogen) atoms. The van der Waals surface area contributed by atoms with Crippen LogP contribution < -0.4 is 10.0 Å². The minimum absolute atomic E-state index is 0.0148. The number of nitrogens with zero attached hydrogens (tertiary/aromatic N) is 1. The van der Waals surface area contributed by atoms with E-state index < -0.39 is 45.3 Å². The van der Waals surface area contributed by atoms with Gasteiger partial charge in [0, 0.05) is 17.1 Å². The van der Waals surface area contributed by atoms with Crippen molar-refractivity contribution in [2.24, 2.45) is 0 Å². The standard InChI is InChI=1S/C21H18F5N3O3S/c1-10-4-14(16(22)8-18(10)29-33(3,31)32)11(2)28-20(30)13-5-12-6-17(23)15(21(24,25)26)7-19(12)27-9-13/h4-9,11,29H,1-3H3,(H,28,30)/t11-/m1/s1. The van der Waals surface area contributed by atoms with E-state index in [0.717, 1.165) is 18.5 Å². The summed E-state index contributed by atoms with van der Waals surface area (Å²) in [7, 11) is -3.62. The van der Waals surface area contributed by atoms with Crippen LogP contribution in [-0.2, 0) is 16.2 Å². The van der Waals surface area contributed by atoms with Crippen LogP contribution in [0.4, 0.5) is 27.6 Å². The number of carbonyl (C=O) groups excluding carboxylic acids is 1. The molecule has 1 aromatic heterocycles. The fraction of sp³-hybridized carbons (Fsp3) is 0.238. The number of pyridine rings is 1. The molecule has 0 aliphatic carbocycles. The van der Waals surface area contributed by atoms with Crippen molar-refractivity contribution in [1.29, 1.82) is 0 Å². The van der Waals surface area contributed by atoms with E-state index in [1.807, 2.05) is 0 Å². The average molecular weight is 487 g/mol. The molecule has 0 radical (unpaired) electrons. The molecule has 2 N–H and O–H groups in total. The first-order valence-electron chi connectivity index (χ1n) is 9.41. The van der Waals surface area contributed by atoms with Crippen LogP contribution >= 0.6 is 0 Å². The van der Waals surface area contributed by atoms with Crippen molar-refractivity contribution in [2.45, 2.75) is 26.1 Å². The quantitative estimate of drug-likeness (QED) is 0.511. The van der Waals surface area contributed by atoms with Crippen molar-refractivity contribution in [2.75, 3.05) is 11.0 Å². The number of carbonyl (C=O) groups is 1. The van der Waals surface area contributed by atoms with Crippen molar-refractivity contribution in [3.63, 3.8) is 0 Å². The second-order valence-electron chi connectivity index (χ2n) is 7.50. The van der Waals surface area contributed by atoms with Gasteiger partial charge in [-0.05, 0) is 49.7 Å². The topological polar surface area (TPSA) is 88.2 Å². The first-order chi connectivity index (χ1) is 15.2. The van der Waals surface area contributed by atoms with E-state index in [1.54, 1.807) is 6.92 Å². The zero-order valence-corrected chi connectivity index (χ0v) is 18.3. The Labute approximate surface area is 185 Å². The second-order valence-corrected chi connectivity index (χ2v) is 9.25. The Balaban J connectivity index is 1.85. The monoisotopic (exact) mass is 487 g/mol. The average Bonchev–Trinajstić information content (AvgIpc) is 2.67. The molecule has 176 valence electrons. The smallest absolute Gasteiger partial charge is 0.345 e. The highest BCUT2D eigenvalue weighted by atomic mass is 32.2. The molecular weight excluding hydrogens is 469 g/mol. The zero-order chi connectivity index (χ0) is 24.7. The number of rotatable bonds is 5. The molecule has 3 aromatic rings. The minimum Gasteiger partial charge on any atom is -0.345 e. The van der Waals surface area contributed by atoms with E-state index in [2.05, 4.69) is 15.0 Å². The summed E-state index contributed by atoms with van der Waals surface area (Å²) in [5, 5.41) is 2.52. The number of benzene rings is 2. The van der Waals surface area contributed by atoms with E-state index in [4.69, 9.17) is 0 Å². The number of alkyl halides is 3. The minimum atomic E-state index is -4.89. The largest absolute Gasteiger partial charge is 0.419 e. The Kier molecular flexibility index (Phi) is 6.33. The van der Waals surface area contributed by atoms with Crippen LogP contribution in [0, 0.1) is 18.6 Å². The van der Waals surface area contributed by atoms with Crippen LogP contribution in [0.25, 0.3) is 10.9 Å². The molecule has 0 spiro atoms.